The van der Waals surface area contributed by atoms with Crippen LogP contribution in [0.5, 0.6) is 11.5 Å². The van der Waals surface area contributed by atoms with Gasteiger partial charge in [-0.3, -0.25) is 9.59 Å². The van der Waals surface area contributed by atoms with Gasteiger partial charge in [-0.15, -0.1) is 0 Å². The summed E-state index contributed by atoms with van der Waals surface area (Å²) in [6.45, 7) is 4.13. The van der Waals surface area contributed by atoms with Crippen molar-refractivity contribution in [3.63, 3.8) is 0 Å². The van der Waals surface area contributed by atoms with Crippen molar-refractivity contribution in [1.82, 2.24) is 24.8 Å². The summed E-state index contributed by atoms with van der Waals surface area (Å²) in [7, 11) is 5.33. The number of ether oxygens (including phenoxy) is 2. The molecule has 1 fully saturated rings. The minimum absolute atomic E-state index is 0.124. The van der Waals surface area contributed by atoms with Crippen molar-refractivity contribution in [2.24, 2.45) is 7.05 Å². The Kier molecular flexibility index (Phi) is 7.80. The highest BCUT2D eigenvalue weighted by Crippen LogP contribution is 2.36. The number of benzene rings is 1. The Labute approximate surface area is 230 Å². The largest absolute Gasteiger partial charge is 0.495 e. The number of hydrogen-bond acceptors (Lipinski definition) is 9. The monoisotopic (exact) mass is 548 g/mol. The lowest BCUT2D eigenvalue weighted by Crippen LogP contribution is -2.43. The summed E-state index contributed by atoms with van der Waals surface area (Å²) in [4.78, 5) is 37.5. The quantitative estimate of drug-likeness (QED) is 0.340. The lowest BCUT2D eigenvalue weighted by molar-refractivity contribution is 0.0916. The summed E-state index contributed by atoms with van der Waals surface area (Å²) in [6, 6.07) is 7.35. The fraction of sp³-hybridized carbons (Fsp3) is 0.357. The van der Waals surface area contributed by atoms with E-state index >= 15 is 0 Å². The number of carbonyl (C=O) groups excluding carboxylic acids is 1. The maximum atomic E-state index is 13.1. The number of anilines is 2. The van der Waals surface area contributed by atoms with Gasteiger partial charge in [-0.1, -0.05) is 0 Å². The normalized spacial score (nSPS) is 14.4. The lowest BCUT2D eigenvalue weighted by Gasteiger charge is -2.29. The number of nitrogens with one attached hydrogen (secondary N) is 2. The van der Waals surface area contributed by atoms with E-state index in [0.29, 0.717) is 46.2 Å². The number of nitrogens with zero attached hydrogens (tertiary/aromatic N) is 4. The third kappa shape index (κ3) is 5.45. The molecule has 1 saturated heterocycles. The first-order chi connectivity index (χ1) is 18.9. The molecule has 0 unspecified atom stereocenters. The Morgan fingerprint density at radius 2 is 2.00 bits per heavy atom. The molecule has 4 aromatic rings. The van der Waals surface area contributed by atoms with E-state index in [-0.39, 0.29) is 23.3 Å². The second-order valence-electron chi connectivity index (χ2n) is 9.53. The summed E-state index contributed by atoms with van der Waals surface area (Å²) < 4.78 is 12.9. The van der Waals surface area contributed by atoms with E-state index in [1.54, 1.807) is 38.6 Å². The van der Waals surface area contributed by atoms with Gasteiger partial charge in [0.1, 0.15) is 11.3 Å². The van der Waals surface area contributed by atoms with Crippen LogP contribution >= 0.6 is 11.3 Å². The highest BCUT2D eigenvalue weighted by Gasteiger charge is 2.22. The first-order valence-corrected chi connectivity index (χ1v) is 13.8. The topological polar surface area (TPSA) is 111 Å². The SMILES string of the molecule is CCOc1c(-c2ccsc2)c2nc(Nc3ccc(C(=O)NC4CCN(C)CC4)cc3OC)ncc2n(C)c1=O. The van der Waals surface area contributed by atoms with Crippen molar-refractivity contribution in [2.75, 3.05) is 39.2 Å². The van der Waals surface area contributed by atoms with E-state index in [1.807, 2.05) is 23.8 Å². The maximum absolute atomic E-state index is 13.1. The molecule has 0 bridgehead atoms. The smallest absolute Gasteiger partial charge is 0.293 e. The van der Waals surface area contributed by atoms with Crippen molar-refractivity contribution in [1.29, 1.82) is 0 Å². The molecule has 4 heterocycles. The van der Waals surface area contributed by atoms with Gasteiger partial charge in [0, 0.05) is 18.7 Å². The number of likely N-dealkylation sites (tertiary alicyclic amines) is 1. The number of pyridine rings is 1. The van der Waals surface area contributed by atoms with Gasteiger partial charge < -0.3 is 29.6 Å². The number of carbonyl (C=O) groups is 1. The molecule has 0 atom stereocenters. The minimum atomic E-state index is -0.245. The number of aromatic nitrogens is 3. The van der Waals surface area contributed by atoms with E-state index in [0.717, 1.165) is 31.5 Å². The number of methoxy groups -OCH3 is 1. The zero-order valence-electron chi connectivity index (χ0n) is 22.5. The van der Waals surface area contributed by atoms with Gasteiger partial charge in [-0.2, -0.15) is 11.3 Å². The van der Waals surface area contributed by atoms with Crippen LogP contribution in [-0.2, 0) is 7.05 Å². The number of rotatable bonds is 8. The second-order valence-corrected chi connectivity index (χ2v) is 10.3. The van der Waals surface area contributed by atoms with Gasteiger partial charge in [0.15, 0.2) is 5.75 Å². The highest BCUT2D eigenvalue weighted by atomic mass is 32.1. The van der Waals surface area contributed by atoms with Crippen LogP contribution in [0.4, 0.5) is 11.6 Å². The molecule has 0 radical (unpaired) electrons. The van der Waals surface area contributed by atoms with Crippen LogP contribution in [0.2, 0.25) is 0 Å². The molecule has 3 aromatic heterocycles. The molecular formula is C28H32N6O4S. The summed E-state index contributed by atoms with van der Waals surface area (Å²) in [6.07, 6.45) is 3.48. The van der Waals surface area contributed by atoms with Gasteiger partial charge in [0.25, 0.3) is 11.5 Å². The van der Waals surface area contributed by atoms with Crippen LogP contribution in [0, 0.1) is 0 Å². The number of hydrogen-bond donors (Lipinski definition) is 2. The van der Waals surface area contributed by atoms with E-state index in [9.17, 15) is 9.59 Å². The van der Waals surface area contributed by atoms with Crippen LogP contribution in [0.3, 0.4) is 0 Å². The van der Waals surface area contributed by atoms with E-state index < -0.39 is 0 Å². The van der Waals surface area contributed by atoms with Gasteiger partial charge >= 0.3 is 0 Å². The van der Waals surface area contributed by atoms with Crippen LogP contribution in [0.15, 0.2) is 46.0 Å². The van der Waals surface area contributed by atoms with E-state index in [2.05, 4.69) is 27.6 Å². The maximum Gasteiger partial charge on any atom is 0.293 e. The fourth-order valence-corrected chi connectivity index (χ4v) is 5.42. The van der Waals surface area contributed by atoms with E-state index in [4.69, 9.17) is 14.5 Å². The molecule has 204 valence electrons. The number of thiophene rings is 1. The molecule has 0 saturated carbocycles. The van der Waals surface area contributed by atoms with Crippen LogP contribution in [-0.4, -0.2) is 65.2 Å². The second kappa shape index (κ2) is 11.4. The molecule has 1 aromatic carbocycles. The Bertz CT molecular complexity index is 1540. The van der Waals surface area contributed by atoms with Crippen molar-refractivity contribution < 1.29 is 14.3 Å². The number of aryl methyl sites for hydroxylation is 1. The molecule has 0 spiro atoms. The number of amides is 1. The van der Waals surface area contributed by atoms with E-state index in [1.165, 1.54) is 15.9 Å². The fourth-order valence-electron chi connectivity index (χ4n) is 4.77. The van der Waals surface area contributed by atoms with Crippen molar-refractivity contribution in [3.05, 3.63) is 57.1 Å². The van der Waals surface area contributed by atoms with Crippen molar-refractivity contribution >= 4 is 39.9 Å². The molecule has 1 amide bonds. The third-order valence-corrected chi connectivity index (χ3v) is 7.64. The standard InChI is InChI=1S/C28H32N6O4S/c1-5-38-25-23(18-10-13-39-16-18)24-21(34(3)27(25)36)15-29-28(32-24)31-20-7-6-17(14-22(20)37-4)26(35)30-19-8-11-33(2)12-9-19/h6-7,10,13-16,19H,5,8-9,11-12H2,1-4H3,(H,30,35)(H,29,31,32). The van der Waals surface area contributed by atoms with Crippen LogP contribution in [0.1, 0.15) is 30.1 Å². The Balaban J connectivity index is 1.47. The highest BCUT2D eigenvalue weighted by molar-refractivity contribution is 7.08. The van der Waals surface area contributed by atoms with Gasteiger partial charge in [-0.05, 0) is 80.5 Å². The summed E-state index contributed by atoms with van der Waals surface area (Å²) in [5.41, 5.74) is 3.55. The third-order valence-electron chi connectivity index (χ3n) is 6.96. The Morgan fingerprint density at radius 3 is 2.69 bits per heavy atom. The Hall–Kier alpha value is -3.96. The van der Waals surface area contributed by atoms with Crippen LogP contribution in [0.25, 0.3) is 22.2 Å². The summed E-state index contributed by atoms with van der Waals surface area (Å²) in [5, 5.41) is 10.3. The average Bonchev–Trinajstić information content (AvgIpc) is 3.48. The average molecular weight is 549 g/mol. The zero-order chi connectivity index (χ0) is 27.5. The predicted octanol–water partition coefficient (Wildman–Crippen LogP) is 4.03. The Morgan fingerprint density at radius 1 is 1.21 bits per heavy atom. The van der Waals surface area contributed by atoms with Crippen LogP contribution < -0.4 is 25.7 Å². The molecule has 39 heavy (non-hydrogen) atoms. The molecule has 0 aliphatic carbocycles. The predicted molar refractivity (Wildman–Crippen MR) is 154 cm³/mol. The number of fused-ring (bicyclic) bond motifs is 1. The molecule has 11 heteroatoms. The summed E-state index contributed by atoms with van der Waals surface area (Å²) >= 11 is 1.53. The molecule has 2 N–H and O–H groups in total. The molecule has 5 rings (SSSR count). The van der Waals surface area contributed by atoms with Gasteiger partial charge in [-0.25, -0.2) is 9.97 Å². The lowest BCUT2D eigenvalue weighted by atomic mass is 10.0. The minimum Gasteiger partial charge on any atom is -0.495 e. The first-order valence-electron chi connectivity index (χ1n) is 12.9. The molecular weight excluding hydrogens is 516 g/mol. The van der Waals surface area contributed by atoms with Gasteiger partial charge in [0.2, 0.25) is 5.95 Å². The first kappa shape index (κ1) is 26.6. The van der Waals surface area contributed by atoms with Crippen molar-refractivity contribution in [3.8, 4) is 22.6 Å². The zero-order valence-corrected chi connectivity index (χ0v) is 23.3. The van der Waals surface area contributed by atoms with Crippen molar-refractivity contribution in [2.45, 2.75) is 25.8 Å². The summed E-state index contributed by atoms with van der Waals surface area (Å²) in [5.74, 6) is 0.944. The number of piperidine rings is 1. The van der Waals surface area contributed by atoms with Gasteiger partial charge in [0.05, 0.1) is 36.7 Å². The molecule has 1 aliphatic heterocycles. The molecule has 10 nitrogen and oxygen atoms in total. The molecule has 1 aliphatic rings.